The van der Waals surface area contributed by atoms with Crippen LogP contribution in [0.25, 0.3) is 0 Å². The predicted molar refractivity (Wildman–Crippen MR) is 50.8 cm³/mol. The van der Waals surface area contributed by atoms with Crippen LogP contribution in [0, 0.1) is 0 Å². The summed E-state index contributed by atoms with van der Waals surface area (Å²) in [6.45, 7) is 7.84. The molecule has 0 aromatic rings. The van der Waals surface area contributed by atoms with E-state index in [2.05, 4.69) is 19.2 Å². The van der Waals surface area contributed by atoms with Crippen LogP contribution in [0.4, 0.5) is 0 Å². The Bertz CT molecular complexity index is 180. The van der Waals surface area contributed by atoms with Gasteiger partial charge in [0.1, 0.15) is 0 Å². The van der Waals surface area contributed by atoms with Gasteiger partial charge in [0.05, 0.1) is 18.8 Å². The maximum Gasteiger partial charge on any atom is 0.0650 e. The molecule has 3 heteroatoms. The Labute approximate surface area is 79.8 Å². The highest BCUT2D eigenvalue weighted by atomic mass is 16.5. The number of nitrogens with one attached hydrogen (secondary N) is 1. The van der Waals surface area contributed by atoms with Crippen LogP contribution in [-0.2, 0) is 9.47 Å². The average Bonchev–Trinajstić information content (AvgIpc) is 2.03. The minimum atomic E-state index is 0.00590. The summed E-state index contributed by atoms with van der Waals surface area (Å²) in [5, 5.41) is 3.59. The van der Waals surface area contributed by atoms with Gasteiger partial charge in [0.2, 0.25) is 0 Å². The molecule has 0 aliphatic carbocycles. The van der Waals surface area contributed by atoms with Crippen LogP contribution < -0.4 is 5.32 Å². The predicted octanol–water partition coefficient (Wildman–Crippen LogP) is 0.934. The Morgan fingerprint density at radius 3 is 2.69 bits per heavy atom. The maximum atomic E-state index is 5.70. The first-order valence-electron chi connectivity index (χ1n) is 5.09. The lowest BCUT2D eigenvalue weighted by Crippen LogP contribution is -2.60. The van der Waals surface area contributed by atoms with Crippen molar-refractivity contribution in [2.75, 3.05) is 26.4 Å². The number of rotatable bonds is 0. The first-order chi connectivity index (χ1) is 6.12. The Kier molecular flexibility index (Phi) is 2.34. The van der Waals surface area contributed by atoms with Gasteiger partial charge in [-0.15, -0.1) is 0 Å². The van der Waals surface area contributed by atoms with E-state index < -0.39 is 0 Å². The fourth-order valence-corrected chi connectivity index (χ4v) is 2.46. The summed E-state index contributed by atoms with van der Waals surface area (Å²) < 4.78 is 11.2. The number of hydrogen-bond donors (Lipinski definition) is 1. The van der Waals surface area contributed by atoms with E-state index in [4.69, 9.17) is 9.47 Å². The summed E-state index contributed by atoms with van der Waals surface area (Å²) in [5.74, 6) is 0. The minimum Gasteiger partial charge on any atom is -0.378 e. The van der Waals surface area contributed by atoms with Crippen molar-refractivity contribution in [2.45, 2.75) is 37.8 Å². The molecule has 13 heavy (non-hydrogen) atoms. The molecule has 0 bridgehead atoms. The highest BCUT2D eigenvalue weighted by molar-refractivity contribution is 4.98. The van der Waals surface area contributed by atoms with Gasteiger partial charge in [0, 0.05) is 18.7 Å². The van der Waals surface area contributed by atoms with Gasteiger partial charge in [-0.2, -0.15) is 0 Å². The molecule has 0 radical (unpaired) electrons. The summed E-state index contributed by atoms with van der Waals surface area (Å²) in [7, 11) is 0. The normalized spacial score (nSPS) is 39.2. The van der Waals surface area contributed by atoms with Gasteiger partial charge in [-0.3, -0.25) is 0 Å². The molecular formula is C10H19NO2. The molecule has 0 aromatic heterocycles. The van der Waals surface area contributed by atoms with Gasteiger partial charge in [-0.25, -0.2) is 0 Å². The van der Waals surface area contributed by atoms with E-state index >= 15 is 0 Å². The van der Waals surface area contributed by atoms with E-state index in [0.717, 1.165) is 39.2 Å². The van der Waals surface area contributed by atoms with Crippen LogP contribution in [-0.4, -0.2) is 37.5 Å². The number of morpholine rings is 1. The quantitative estimate of drug-likeness (QED) is 0.609. The van der Waals surface area contributed by atoms with Crippen molar-refractivity contribution in [1.29, 1.82) is 0 Å². The highest BCUT2D eigenvalue weighted by Crippen LogP contribution is 2.33. The second-order valence-electron chi connectivity index (χ2n) is 4.79. The third-order valence-corrected chi connectivity index (χ3v) is 2.96. The van der Waals surface area contributed by atoms with E-state index in [0.29, 0.717) is 0 Å². The third kappa shape index (κ3) is 2.03. The molecule has 2 aliphatic heterocycles. The zero-order valence-electron chi connectivity index (χ0n) is 8.56. The number of ether oxygens (including phenoxy) is 2. The molecule has 2 aliphatic rings. The monoisotopic (exact) mass is 185 g/mol. The highest BCUT2D eigenvalue weighted by Gasteiger charge is 2.41. The van der Waals surface area contributed by atoms with Crippen molar-refractivity contribution >= 4 is 0 Å². The largest absolute Gasteiger partial charge is 0.378 e. The zero-order chi connectivity index (χ0) is 9.36. The van der Waals surface area contributed by atoms with Crippen molar-refractivity contribution < 1.29 is 9.47 Å². The van der Waals surface area contributed by atoms with Crippen molar-refractivity contribution in [3.63, 3.8) is 0 Å². The van der Waals surface area contributed by atoms with Crippen LogP contribution >= 0.6 is 0 Å². The van der Waals surface area contributed by atoms with Gasteiger partial charge >= 0.3 is 0 Å². The van der Waals surface area contributed by atoms with Crippen molar-refractivity contribution in [2.24, 2.45) is 0 Å². The minimum absolute atomic E-state index is 0.00590. The Balaban J connectivity index is 2.04. The molecule has 76 valence electrons. The fourth-order valence-electron chi connectivity index (χ4n) is 2.46. The van der Waals surface area contributed by atoms with Gasteiger partial charge in [0.15, 0.2) is 0 Å². The lowest BCUT2D eigenvalue weighted by atomic mass is 9.81. The van der Waals surface area contributed by atoms with Gasteiger partial charge in [-0.1, -0.05) is 0 Å². The van der Waals surface area contributed by atoms with Crippen LogP contribution in [0.1, 0.15) is 26.7 Å². The molecule has 2 saturated heterocycles. The second-order valence-corrected chi connectivity index (χ2v) is 4.79. The van der Waals surface area contributed by atoms with Crippen LogP contribution in [0.3, 0.4) is 0 Å². The molecule has 1 unspecified atom stereocenters. The van der Waals surface area contributed by atoms with E-state index in [1.54, 1.807) is 0 Å². The molecule has 0 saturated carbocycles. The summed E-state index contributed by atoms with van der Waals surface area (Å²) in [6.07, 6.45) is 2.14. The van der Waals surface area contributed by atoms with E-state index in [9.17, 15) is 0 Å². The first-order valence-corrected chi connectivity index (χ1v) is 5.09. The van der Waals surface area contributed by atoms with Crippen LogP contribution in [0.2, 0.25) is 0 Å². The molecule has 3 nitrogen and oxygen atoms in total. The molecule has 1 N–H and O–H groups in total. The molecule has 1 atom stereocenters. The fraction of sp³-hybridized carbons (Fsp3) is 1.00. The molecule has 2 rings (SSSR count). The Hall–Kier alpha value is -0.120. The van der Waals surface area contributed by atoms with Crippen LogP contribution in [0.5, 0.6) is 0 Å². The SMILES string of the molecule is CC1(C)CC2(CCO1)COCCN2. The average molecular weight is 185 g/mol. The third-order valence-electron chi connectivity index (χ3n) is 2.96. The van der Waals surface area contributed by atoms with Crippen molar-refractivity contribution in [3.8, 4) is 0 Å². The second kappa shape index (κ2) is 3.23. The molecular weight excluding hydrogens is 166 g/mol. The van der Waals surface area contributed by atoms with Gasteiger partial charge in [0.25, 0.3) is 0 Å². The summed E-state index contributed by atoms with van der Waals surface area (Å²) >= 11 is 0. The molecule has 2 heterocycles. The Morgan fingerprint density at radius 2 is 2.08 bits per heavy atom. The molecule has 0 aromatic carbocycles. The first kappa shape index (κ1) is 9.44. The standard InChI is InChI=1S/C10H19NO2/c1-9(2)7-10(3-5-13-9)8-12-6-4-11-10/h11H,3-8H2,1-2H3. The maximum absolute atomic E-state index is 5.70. The van der Waals surface area contributed by atoms with Gasteiger partial charge < -0.3 is 14.8 Å². The lowest BCUT2D eigenvalue weighted by molar-refractivity contribution is -0.116. The summed E-state index contributed by atoms with van der Waals surface area (Å²) in [5.41, 5.74) is 0.200. The van der Waals surface area contributed by atoms with E-state index in [1.807, 2.05) is 0 Å². The van der Waals surface area contributed by atoms with E-state index in [1.165, 1.54) is 0 Å². The zero-order valence-corrected chi connectivity index (χ0v) is 8.56. The Morgan fingerprint density at radius 1 is 1.23 bits per heavy atom. The summed E-state index contributed by atoms with van der Waals surface area (Å²) in [6, 6.07) is 0. The van der Waals surface area contributed by atoms with Crippen LogP contribution in [0.15, 0.2) is 0 Å². The topological polar surface area (TPSA) is 30.5 Å². The van der Waals surface area contributed by atoms with Crippen molar-refractivity contribution in [1.82, 2.24) is 5.32 Å². The molecule has 0 amide bonds. The smallest absolute Gasteiger partial charge is 0.0650 e. The number of hydrogen-bond acceptors (Lipinski definition) is 3. The molecule has 1 spiro atoms. The van der Waals surface area contributed by atoms with Gasteiger partial charge in [-0.05, 0) is 26.7 Å². The van der Waals surface area contributed by atoms with Crippen molar-refractivity contribution in [3.05, 3.63) is 0 Å². The summed E-state index contributed by atoms with van der Waals surface area (Å²) in [4.78, 5) is 0. The molecule has 2 fully saturated rings. The van der Waals surface area contributed by atoms with E-state index in [-0.39, 0.29) is 11.1 Å². The lowest BCUT2D eigenvalue weighted by Gasteiger charge is -2.47.